The summed E-state index contributed by atoms with van der Waals surface area (Å²) in [5.74, 6) is 1.53. The van der Waals surface area contributed by atoms with E-state index in [-0.39, 0.29) is 6.04 Å². The molecule has 0 radical (unpaired) electrons. The number of hydrogen-bond acceptors (Lipinski definition) is 8. The Kier molecular flexibility index (Phi) is 4.66. The number of aromatic nitrogens is 6. The monoisotopic (exact) mass is 356 g/mol. The Hall–Kier alpha value is -2.39. The van der Waals surface area contributed by atoms with Crippen molar-refractivity contribution in [2.24, 2.45) is 0 Å². The molecule has 3 aromatic heterocycles. The largest absolute Gasteiger partial charge is 0.347 e. The summed E-state index contributed by atoms with van der Waals surface area (Å²) in [5.41, 5.74) is 3.88. The van der Waals surface area contributed by atoms with Crippen molar-refractivity contribution in [3.05, 3.63) is 41.3 Å². The molecule has 1 aliphatic heterocycles. The fourth-order valence-electron chi connectivity index (χ4n) is 3.27. The van der Waals surface area contributed by atoms with E-state index < -0.39 is 0 Å². The highest BCUT2D eigenvalue weighted by Gasteiger charge is 2.26. The van der Waals surface area contributed by atoms with Gasteiger partial charge >= 0.3 is 0 Å². The predicted octanol–water partition coefficient (Wildman–Crippen LogP) is 2.83. The molecule has 1 saturated heterocycles. The van der Waals surface area contributed by atoms with E-state index in [4.69, 9.17) is 4.98 Å². The normalized spacial score (nSPS) is 18.4. The lowest BCUT2D eigenvalue weighted by atomic mass is 9.98. The molecule has 4 heterocycles. The van der Waals surface area contributed by atoms with E-state index in [1.54, 1.807) is 11.8 Å². The van der Waals surface area contributed by atoms with Crippen LogP contribution in [0.3, 0.4) is 0 Å². The summed E-state index contributed by atoms with van der Waals surface area (Å²) in [7, 11) is 0. The standard InChI is InChI=1S/C16H20N8S/c1-11-20-13(6-15(21-11)22-16-23-19-10-25-16)14-4-2-3-5-24(14)8-12-7-17-9-18-12/h6-7,9-10,14H,2-5,8H2,1H3,(H,17,18)(H,20,21,22,23). The van der Waals surface area contributed by atoms with Crippen molar-refractivity contribution in [1.82, 2.24) is 35.0 Å². The average molecular weight is 356 g/mol. The molecule has 4 rings (SSSR count). The van der Waals surface area contributed by atoms with Gasteiger partial charge in [-0.2, -0.15) is 0 Å². The summed E-state index contributed by atoms with van der Waals surface area (Å²) in [5, 5.41) is 11.8. The molecule has 0 amide bonds. The zero-order valence-electron chi connectivity index (χ0n) is 14.0. The van der Waals surface area contributed by atoms with Crippen LogP contribution in [0.5, 0.6) is 0 Å². The van der Waals surface area contributed by atoms with Crippen molar-refractivity contribution >= 4 is 22.3 Å². The Labute approximate surface area is 149 Å². The Morgan fingerprint density at radius 3 is 3.12 bits per heavy atom. The molecular formula is C16H20N8S. The van der Waals surface area contributed by atoms with Gasteiger partial charge in [0.15, 0.2) is 0 Å². The van der Waals surface area contributed by atoms with Crippen LogP contribution in [0, 0.1) is 6.92 Å². The predicted molar refractivity (Wildman–Crippen MR) is 95.6 cm³/mol. The van der Waals surface area contributed by atoms with Gasteiger partial charge in [-0.15, -0.1) is 10.2 Å². The third-order valence-corrected chi connectivity index (χ3v) is 4.94. The number of likely N-dealkylation sites (tertiary alicyclic amines) is 1. The first kappa shape index (κ1) is 16.1. The van der Waals surface area contributed by atoms with Crippen molar-refractivity contribution < 1.29 is 0 Å². The number of rotatable bonds is 5. The van der Waals surface area contributed by atoms with Crippen molar-refractivity contribution in [3.8, 4) is 0 Å². The van der Waals surface area contributed by atoms with Gasteiger partial charge in [0.05, 0.1) is 18.1 Å². The smallest absolute Gasteiger partial charge is 0.210 e. The average Bonchev–Trinajstić information content (AvgIpc) is 3.29. The number of anilines is 2. The Morgan fingerprint density at radius 1 is 1.36 bits per heavy atom. The van der Waals surface area contributed by atoms with Crippen molar-refractivity contribution in [2.45, 2.75) is 38.8 Å². The third kappa shape index (κ3) is 3.83. The maximum atomic E-state index is 4.72. The van der Waals surface area contributed by atoms with Crippen LogP contribution in [0.1, 0.15) is 42.5 Å². The minimum atomic E-state index is 0.286. The van der Waals surface area contributed by atoms with Crippen LogP contribution in [-0.2, 0) is 6.54 Å². The summed E-state index contributed by atoms with van der Waals surface area (Å²) in [6.45, 7) is 3.84. The molecule has 0 bridgehead atoms. The first-order valence-corrected chi connectivity index (χ1v) is 9.26. The first-order valence-electron chi connectivity index (χ1n) is 8.38. The van der Waals surface area contributed by atoms with Gasteiger partial charge in [0.1, 0.15) is 17.2 Å². The van der Waals surface area contributed by atoms with E-state index in [2.05, 4.69) is 35.4 Å². The first-order chi connectivity index (χ1) is 12.3. The van der Waals surface area contributed by atoms with Gasteiger partial charge in [-0.3, -0.25) is 4.90 Å². The SMILES string of the molecule is Cc1nc(Nc2nncs2)cc(C2CCCCN2Cc2cnc[nH]2)n1. The Bertz CT molecular complexity index is 802. The highest BCUT2D eigenvalue weighted by Crippen LogP contribution is 2.32. The molecule has 1 atom stereocenters. The molecular weight excluding hydrogens is 336 g/mol. The lowest BCUT2D eigenvalue weighted by molar-refractivity contribution is 0.135. The molecule has 0 aromatic carbocycles. The van der Waals surface area contributed by atoms with Gasteiger partial charge < -0.3 is 10.3 Å². The molecule has 8 nitrogen and oxygen atoms in total. The fourth-order valence-corrected chi connectivity index (χ4v) is 3.72. The summed E-state index contributed by atoms with van der Waals surface area (Å²) in [6.07, 6.45) is 7.15. The number of imidazole rings is 1. The van der Waals surface area contributed by atoms with E-state index in [0.717, 1.165) is 47.7 Å². The maximum absolute atomic E-state index is 4.72. The van der Waals surface area contributed by atoms with Crippen LogP contribution >= 0.6 is 11.3 Å². The van der Waals surface area contributed by atoms with Gasteiger partial charge in [-0.25, -0.2) is 15.0 Å². The quantitative estimate of drug-likeness (QED) is 0.725. The molecule has 0 spiro atoms. The van der Waals surface area contributed by atoms with Gasteiger partial charge in [-0.1, -0.05) is 17.8 Å². The topological polar surface area (TPSA) is 95.5 Å². The fraction of sp³-hybridized carbons (Fsp3) is 0.438. The minimum Gasteiger partial charge on any atom is -0.347 e. The summed E-state index contributed by atoms with van der Waals surface area (Å²) in [4.78, 5) is 19.0. The van der Waals surface area contributed by atoms with Gasteiger partial charge in [0.25, 0.3) is 0 Å². The highest BCUT2D eigenvalue weighted by molar-refractivity contribution is 7.13. The number of hydrogen-bond donors (Lipinski definition) is 2. The number of aromatic amines is 1. The third-order valence-electron chi connectivity index (χ3n) is 4.34. The summed E-state index contributed by atoms with van der Waals surface area (Å²) < 4.78 is 0. The molecule has 0 aliphatic carbocycles. The second-order valence-corrected chi connectivity index (χ2v) is 6.99. The zero-order chi connectivity index (χ0) is 17.1. The van der Waals surface area contributed by atoms with Crippen LogP contribution in [0.2, 0.25) is 0 Å². The molecule has 25 heavy (non-hydrogen) atoms. The number of H-pyrrole nitrogens is 1. The van der Waals surface area contributed by atoms with Gasteiger partial charge in [-0.05, 0) is 26.3 Å². The van der Waals surface area contributed by atoms with Gasteiger partial charge in [0, 0.05) is 24.5 Å². The molecule has 1 fully saturated rings. The number of nitrogens with zero attached hydrogens (tertiary/aromatic N) is 6. The Morgan fingerprint density at radius 2 is 2.32 bits per heavy atom. The van der Waals surface area contributed by atoms with E-state index in [9.17, 15) is 0 Å². The van der Waals surface area contributed by atoms with Crippen molar-refractivity contribution in [3.63, 3.8) is 0 Å². The molecule has 1 unspecified atom stereocenters. The van der Waals surface area contributed by atoms with E-state index in [0.29, 0.717) is 0 Å². The maximum Gasteiger partial charge on any atom is 0.210 e. The summed E-state index contributed by atoms with van der Waals surface area (Å²) in [6, 6.07) is 2.32. The van der Waals surface area contributed by atoms with Crippen LogP contribution in [-0.4, -0.2) is 41.6 Å². The minimum absolute atomic E-state index is 0.286. The highest BCUT2D eigenvalue weighted by atomic mass is 32.1. The van der Waals surface area contributed by atoms with Crippen molar-refractivity contribution in [2.75, 3.05) is 11.9 Å². The Balaban J connectivity index is 1.58. The van der Waals surface area contributed by atoms with E-state index >= 15 is 0 Å². The second-order valence-electron chi connectivity index (χ2n) is 6.15. The van der Waals surface area contributed by atoms with Crippen molar-refractivity contribution in [1.29, 1.82) is 0 Å². The van der Waals surface area contributed by atoms with Gasteiger partial charge in [0.2, 0.25) is 5.13 Å². The lowest BCUT2D eigenvalue weighted by Crippen LogP contribution is -2.33. The summed E-state index contributed by atoms with van der Waals surface area (Å²) >= 11 is 1.45. The lowest BCUT2D eigenvalue weighted by Gasteiger charge is -2.35. The number of piperidine rings is 1. The molecule has 130 valence electrons. The second kappa shape index (κ2) is 7.24. The molecule has 2 N–H and O–H groups in total. The molecule has 1 aliphatic rings. The number of nitrogens with one attached hydrogen (secondary N) is 2. The van der Waals surface area contributed by atoms with E-state index in [1.165, 1.54) is 24.2 Å². The van der Waals surface area contributed by atoms with Crippen LogP contribution in [0.15, 0.2) is 24.1 Å². The molecule has 9 heteroatoms. The van der Waals surface area contributed by atoms with Crippen LogP contribution in [0.25, 0.3) is 0 Å². The number of aryl methyl sites for hydroxylation is 1. The molecule has 3 aromatic rings. The van der Waals surface area contributed by atoms with E-state index in [1.807, 2.05) is 19.2 Å². The zero-order valence-corrected chi connectivity index (χ0v) is 14.8. The molecule has 0 saturated carbocycles. The van der Waals surface area contributed by atoms with Crippen LogP contribution in [0.4, 0.5) is 10.9 Å². The van der Waals surface area contributed by atoms with Crippen LogP contribution < -0.4 is 5.32 Å².